The third-order valence-electron chi connectivity index (χ3n) is 3.34. The molecule has 1 fully saturated rings. The van der Waals surface area contributed by atoms with Crippen LogP contribution < -0.4 is 0 Å². The Labute approximate surface area is 111 Å². The second-order valence-electron chi connectivity index (χ2n) is 4.80. The first-order chi connectivity index (χ1) is 9.07. The van der Waals surface area contributed by atoms with Crippen LogP contribution in [0.15, 0.2) is 0 Å². The number of amides is 1. The molecule has 1 aromatic rings. The van der Waals surface area contributed by atoms with Crippen molar-refractivity contribution in [3.05, 3.63) is 11.6 Å². The molecule has 1 aliphatic rings. The highest BCUT2D eigenvalue weighted by Gasteiger charge is 2.42. The Morgan fingerprint density at radius 1 is 1.58 bits per heavy atom. The summed E-state index contributed by atoms with van der Waals surface area (Å²) >= 11 is 0. The lowest BCUT2D eigenvalue weighted by atomic mass is 9.80. The van der Waals surface area contributed by atoms with Gasteiger partial charge >= 0.3 is 0 Å². The number of aryl methyl sites for hydroxylation is 1. The van der Waals surface area contributed by atoms with Gasteiger partial charge in [-0.1, -0.05) is 0 Å². The summed E-state index contributed by atoms with van der Waals surface area (Å²) in [7, 11) is 1.67. The van der Waals surface area contributed by atoms with Gasteiger partial charge in [0.15, 0.2) is 5.82 Å². The molecule has 102 valence electrons. The number of nitrogens with one attached hydrogen (secondary N) is 1. The van der Waals surface area contributed by atoms with Crippen molar-refractivity contribution in [2.45, 2.75) is 26.3 Å². The second-order valence-corrected chi connectivity index (χ2v) is 4.80. The topological polar surface area (TPSA) is 94.9 Å². The van der Waals surface area contributed by atoms with Crippen molar-refractivity contribution in [3.63, 3.8) is 0 Å². The zero-order valence-corrected chi connectivity index (χ0v) is 11.1. The summed E-state index contributed by atoms with van der Waals surface area (Å²) in [5, 5.41) is 16.1. The van der Waals surface area contributed by atoms with Gasteiger partial charge in [-0.3, -0.25) is 9.89 Å². The lowest BCUT2D eigenvalue weighted by Gasteiger charge is -2.32. The van der Waals surface area contributed by atoms with Crippen molar-refractivity contribution in [2.75, 3.05) is 20.3 Å². The van der Waals surface area contributed by atoms with E-state index in [1.54, 1.807) is 14.0 Å². The van der Waals surface area contributed by atoms with Crippen LogP contribution in [0.1, 0.15) is 24.5 Å². The van der Waals surface area contributed by atoms with Crippen molar-refractivity contribution < 1.29 is 9.53 Å². The summed E-state index contributed by atoms with van der Waals surface area (Å²) in [6.45, 7) is 3.00. The zero-order chi connectivity index (χ0) is 13.9. The fraction of sp³-hybridized carbons (Fsp3) is 0.667. The molecule has 0 aliphatic carbocycles. The van der Waals surface area contributed by atoms with E-state index < -0.39 is 5.41 Å². The summed E-state index contributed by atoms with van der Waals surface area (Å²) in [6, 6.07) is 2.17. The fourth-order valence-corrected chi connectivity index (χ4v) is 2.20. The van der Waals surface area contributed by atoms with Crippen molar-refractivity contribution in [1.82, 2.24) is 20.1 Å². The first-order valence-corrected chi connectivity index (χ1v) is 6.20. The third kappa shape index (κ3) is 2.74. The number of hydrogen-bond donors (Lipinski definition) is 1. The van der Waals surface area contributed by atoms with Gasteiger partial charge < -0.3 is 9.64 Å². The number of aromatic nitrogens is 3. The highest BCUT2D eigenvalue weighted by atomic mass is 16.5. The number of rotatable bonds is 3. The minimum Gasteiger partial charge on any atom is -0.381 e. The number of aromatic amines is 1. The molecule has 0 spiro atoms. The first-order valence-electron chi connectivity index (χ1n) is 6.20. The molecule has 0 radical (unpaired) electrons. The standard InChI is InChI=1S/C12H17N5O2/c1-9-14-10(16-15-9)7-17(2)11(18)12(8-13)3-5-19-6-4-12/h3-7H2,1-2H3,(H,14,15,16). The lowest BCUT2D eigenvalue weighted by Crippen LogP contribution is -2.44. The fourth-order valence-electron chi connectivity index (χ4n) is 2.20. The summed E-state index contributed by atoms with van der Waals surface area (Å²) in [5.74, 6) is 1.08. The van der Waals surface area contributed by atoms with Gasteiger partial charge in [-0.05, 0) is 19.8 Å². The summed E-state index contributed by atoms with van der Waals surface area (Å²) in [5.41, 5.74) is -0.960. The van der Waals surface area contributed by atoms with Gasteiger partial charge in [0.05, 0.1) is 12.6 Å². The number of carbonyl (C=O) groups is 1. The van der Waals surface area contributed by atoms with Gasteiger partial charge in [-0.25, -0.2) is 4.98 Å². The van der Waals surface area contributed by atoms with Gasteiger partial charge in [-0.2, -0.15) is 10.4 Å². The van der Waals surface area contributed by atoms with E-state index in [1.165, 1.54) is 4.90 Å². The maximum absolute atomic E-state index is 12.4. The largest absolute Gasteiger partial charge is 0.381 e. The molecule has 0 saturated carbocycles. The minimum absolute atomic E-state index is 0.180. The van der Waals surface area contributed by atoms with Crippen molar-refractivity contribution in [1.29, 1.82) is 5.26 Å². The van der Waals surface area contributed by atoms with Crippen LogP contribution in [0.2, 0.25) is 0 Å². The monoisotopic (exact) mass is 263 g/mol. The Balaban J connectivity index is 2.07. The molecule has 7 nitrogen and oxygen atoms in total. The second kappa shape index (κ2) is 5.36. The van der Waals surface area contributed by atoms with Crippen LogP contribution in [-0.4, -0.2) is 46.2 Å². The van der Waals surface area contributed by atoms with E-state index >= 15 is 0 Å². The maximum atomic E-state index is 12.4. The smallest absolute Gasteiger partial charge is 0.243 e. The molecule has 0 unspecified atom stereocenters. The Bertz CT molecular complexity index is 498. The van der Waals surface area contributed by atoms with Crippen LogP contribution in [0.3, 0.4) is 0 Å². The van der Waals surface area contributed by atoms with Crippen LogP contribution in [0, 0.1) is 23.7 Å². The van der Waals surface area contributed by atoms with E-state index in [1.807, 2.05) is 0 Å². The highest BCUT2D eigenvalue weighted by Crippen LogP contribution is 2.31. The molecule has 7 heteroatoms. The molecule has 1 N–H and O–H groups in total. The van der Waals surface area contributed by atoms with Crippen LogP contribution in [0.4, 0.5) is 0 Å². The number of hydrogen-bond acceptors (Lipinski definition) is 5. The van der Waals surface area contributed by atoms with Gasteiger partial charge in [0.1, 0.15) is 11.2 Å². The highest BCUT2D eigenvalue weighted by molar-refractivity contribution is 5.85. The number of ether oxygens (including phenoxy) is 1. The van der Waals surface area contributed by atoms with Gasteiger partial charge in [0.25, 0.3) is 0 Å². The molecular formula is C12H17N5O2. The zero-order valence-electron chi connectivity index (χ0n) is 11.1. The van der Waals surface area contributed by atoms with E-state index in [9.17, 15) is 10.1 Å². The van der Waals surface area contributed by atoms with Crippen LogP contribution in [0.5, 0.6) is 0 Å². The molecule has 0 bridgehead atoms. The quantitative estimate of drug-likeness (QED) is 0.851. The molecule has 1 amide bonds. The van der Waals surface area contributed by atoms with E-state index in [2.05, 4.69) is 21.3 Å². The minimum atomic E-state index is -0.960. The molecule has 1 saturated heterocycles. The summed E-state index contributed by atoms with van der Waals surface area (Å²) < 4.78 is 5.23. The Kier molecular flexibility index (Phi) is 3.81. The van der Waals surface area contributed by atoms with E-state index in [4.69, 9.17) is 4.74 Å². The van der Waals surface area contributed by atoms with Crippen molar-refractivity contribution >= 4 is 5.91 Å². The van der Waals surface area contributed by atoms with Gasteiger partial charge in [0.2, 0.25) is 5.91 Å². The Hall–Kier alpha value is -1.94. The molecular weight excluding hydrogens is 246 g/mol. The number of H-pyrrole nitrogens is 1. The van der Waals surface area contributed by atoms with Gasteiger partial charge in [-0.15, -0.1) is 0 Å². The Morgan fingerprint density at radius 3 is 2.79 bits per heavy atom. The van der Waals surface area contributed by atoms with Gasteiger partial charge in [0, 0.05) is 20.3 Å². The molecule has 1 aromatic heterocycles. The van der Waals surface area contributed by atoms with Crippen LogP contribution in [-0.2, 0) is 16.1 Å². The number of nitriles is 1. The SMILES string of the molecule is Cc1nc(CN(C)C(=O)C2(C#N)CCOCC2)n[nH]1. The molecule has 0 aromatic carbocycles. The van der Waals surface area contributed by atoms with Crippen LogP contribution >= 0.6 is 0 Å². The number of nitrogens with zero attached hydrogens (tertiary/aromatic N) is 4. The molecule has 2 heterocycles. The normalized spacial score (nSPS) is 17.7. The van der Waals surface area contributed by atoms with E-state index in [-0.39, 0.29) is 5.91 Å². The lowest BCUT2D eigenvalue weighted by molar-refractivity contribution is -0.142. The molecule has 1 aliphatic heterocycles. The van der Waals surface area contributed by atoms with Crippen molar-refractivity contribution in [2.24, 2.45) is 5.41 Å². The summed E-state index contributed by atoms with van der Waals surface area (Å²) in [4.78, 5) is 18.1. The number of carbonyl (C=O) groups excluding carboxylic acids is 1. The average Bonchev–Trinajstić information content (AvgIpc) is 2.84. The average molecular weight is 263 g/mol. The Morgan fingerprint density at radius 2 is 2.26 bits per heavy atom. The first kappa shape index (κ1) is 13.5. The molecule has 19 heavy (non-hydrogen) atoms. The van der Waals surface area contributed by atoms with E-state index in [0.717, 1.165) is 0 Å². The summed E-state index contributed by atoms with van der Waals surface area (Å²) in [6.07, 6.45) is 0.888. The van der Waals surface area contributed by atoms with Crippen molar-refractivity contribution in [3.8, 4) is 6.07 Å². The predicted octanol–water partition coefficient (Wildman–Crippen LogP) is 0.392. The predicted molar refractivity (Wildman–Crippen MR) is 65.7 cm³/mol. The third-order valence-corrected chi connectivity index (χ3v) is 3.34. The van der Waals surface area contributed by atoms with Crippen LogP contribution in [0.25, 0.3) is 0 Å². The molecule has 2 rings (SSSR count). The molecule has 0 atom stereocenters. The maximum Gasteiger partial charge on any atom is 0.243 e. The van der Waals surface area contributed by atoms with E-state index in [0.29, 0.717) is 44.2 Å².